The summed E-state index contributed by atoms with van der Waals surface area (Å²) in [6, 6.07) is 2.80. The molecule has 0 aliphatic heterocycles. The van der Waals surface area contributed by atoms with Gasteiger partial charge < -0.3 is 8.85 Å². The smallest absolute Gasteiger partial charge is 0.295 e. The van der Waals surface area contributed by atoms with Crippen molar-refractivity contribution in [3.05, 3.63) is 0 Å². The minimum atomic E-state index is -1.92. The first kappa shape index (κ1) is 19.9. The van der Waals surface area contributed by atoms with Crippen LogP contribution in [0.3, 0.4) is 0 Å². The first-order valence-electron chi connectivity index (χ1n) is 7.94. The fraction of sp³-hybridized carbons (Fsp3) is 0.933. The first-order valence-corrected chi connectivity index (χ1v) is 11.5. The Morgan fingerprint density at radius 1 is 1.10 bits per heavy atom. The topological polar surface area (TPSA) is 35.5 Å². The quantitative estimate of drug-likeness (QED) is 0.560. The van der Waals surface area contributed by atoms with Gasteiger partial charge in [0.2, 0.25) is 9.76 Å². The molecule has 0 aliphatic carbocycles. The zero-order chi connectivity index (χ0) is 15.8. The highest BCUT2D eigenvalue weighted by Crippen LogP contribution is 2.33. The fourth-order valence-electron chi connectivity index (χ4n) is 2.29. The molecule has 0 rings (SSSR count). The molecule has 0 spiro atoms. The average molecular weight is 317 g/mol. The van der Waals surface area contributed by atoms with Crippen molar-refractivity contribution in [2.24, 2.45) is 5.92 Å². The molecule has 0 N–H and O–H groups in total. The van der Waals surface area contributed by atoms with E-state index in [1.54, 1.807) is 0 Å². The number of hydrogen-bond acceptors (Lipinski definition) is 3. The van der Waals surface area contributed by atoms with E-state index in [9.17, 15) is 4.79 Å². The van der Waals surface area contributed by atoms with Gasteiger partial charge in [0, 0.05) is 6.10 Å². The summed E-state index contributed by atoms with van der Waals surface area (Å²) in [7, 11) is -1.54. The molecule has 0 amide bonds. The van der Waals surface area contributed by atoms with Crippen molar-refractivity contribution in [3.63, 3.8) is 0 Å². The zero-order valence-corrected chi connectivity index (χ0v) is 16.3. The second-order valence-electron chi connectivity index (χ2n) is 5.92. The highest BCUT2D eigenvalue weighted by atomic mass is 28.4. The molecule has 2 unspecified atom stereocenters. The minimum absolute atomic E-state index is 0.0134. The SMILES string of the molecule is CCC(C)[Si](CC)(CC)OC(=O)C(C)C[Si]OC(C)C. The summed E-state index contributed by atoms with van der Waals surface area (Å²) in [6.45, 7) is 14.8. The third kappa shape index (κ3) is 6.10. The van der Waals surface area contributed by atoms with Gasteiger partial charge in [0.15, 0.2) is 0 Å². The van der Waals surface area contributed by atoms with Crippen LogP contribution in [0.4, 0.5) is 0 Å². The molecular weight excluding hydrogens is 284 g/mol. The molecule has 0 heterocycles. The van der Waals surface area contributed by atoms with E-state index in [2.05, 4.69) is 27.7 Å². The lowest BCUT2D eigenvalue weighted by atomic mass is 10.2. The van der Waals surface area contributed by atoms with Gasteiger partial charge in [-0.2, -0.15) is 0 Å². The largest absolute Gasteiger partial charge is 0.519 e. The maximum atomic E-state index is 12.3. The van der Waals surface area contributed by atoms with Crippen LogP contribution in [0.15, 0.2) is 0 Å². The zero-order valence-electron chi connectivity index (χ0n) is 14.3. The molecule has 2 radical (unpaired) electrons. The number of carbonyl (C=O) groups is 1. The lowest BCUT2D eigenvalue weighted by Crippen LogP contribution is -2.44. The van der Waals surface area contributed by atoms with E-state index in [1.165, 1.54) is 0 Å². The van der Waals surface area contributed by atoms with Crippen molar-refractivity contribution >= 4 is 24.0 Å². The van der Waals surface area contributed by atoms with Gasteiger partial charge >= 0.3 is 0 Å². The van der Waals surface area contributed by atoms with Crippen LogP contribution in [0, 0.1) is 5.92 Å². The average Bonchev–Trinajstić information content (AvgIpc) is 2.43. The van der Waals surface area contributed by atoms with E-state index >= 15 is 0 Å². The van der Waals surface area contributed by atoms with Crippen molar-refractivity contribution in [3.8, 4) is 0 Å². The maximum Gasteiger partial charge on any atom is 0.295 e. The van der Waals surface area contributed by atoms with Gasteiger partial charge in [-0.25, -0.2) is 0 Å². The molecule has 0 fully saturated rings. The normalized spacial score (nSPS) is 15.2. The maximum absolute atomic E-state index is 12.3. The van der Waals surface area contributed by atoms with Gasteiger partial charge in [-0.15, -0.1) is 0 Å². The number of hydrogen-bond donors (Lipinski definition) is 0. The molecule has 0 bridgehead atoms. The van der Waals surface area contributed by atoms with Crippen molar-refractivity contribution < 1.29 is 13.6 Å². The summed E-state index contributed by atoms with van der Waals surface area (Å²) in [5.41, 5.74) is 0.531. The third-order valence-corrected chi connectivity index (χ3v) is 10.7. The van der Waals surface area contributed by atoms with Crippen LogP contribution in [0.1, 0.15) is 54.9 Å². The Kier molecular flexibility index (Phi) is 9.67. The van der Waals surface area contributed by atoms with E-state index < -0.39 is 8.32 Å². The van der Waals surface area contributed by atoms with Crippen LogP contribution >= 0.6 is 0 Å². The third-order valence-electron chi connectivity index (χ3n) is 4.12. The second-order valence-corrected chi connectivity index (χ2v) is 11.6. The molecule has 0 aromatic heterocycles. The first-order chi connectivity index (χ1) is 9.32. The molecule has 20 heavy (non-hydrogen) atoms. The summed E-state index contributed by atoms with van der Waals surface area (Å²) in [5, 5.41) is 0. The summed E-state index contributed by atoms with van der Waals surface area (Å²) < 4.78 is 11.6. The van der Waals surface area contributed by atoms with E-state index in [0.717, 1.165) is 24.6 Å². The number of carbonyl (C=O) groups excluding carboxylic acids is 1. The van der Waals surface area contributed by atoms with Gasteiger partial charge in [0.1, 0.15) is 0 Å². The predicted octanol–water partition coefficient (Wildman–Crippen LogP) is 4.41. The van der Waals surface area contributed by atoms with Gasteiger partial charge in [-0.3, -0.25) is 4.79 Å². The Morgan fingerprint density at radius 3 is 2.05 bits per heavy atom. The lowest BCUT2D eigenvalue weighted by molar-refractivity contribution is -0.138. The molecule has 0 aromatic carbocycles. The predicted molar refractivity (Wildman–Crippen MR) is 88.5 cm³/mol. The number of rotatable bonds is 10. The molecule has 0 saturated carbocycles. The standard InChI is InChI=1S/C15H32O3Si2/c1-8-14(7)20(9-2,10-3)18-15(16)13(6)11-19-17-12(4)5/h12-14H,8-11H2,1-7H3. The molecule has 3 nitrogen and oxygen atoms in total. The van der Waals surface area contributed by atoms with Crippen molar-refractivity contribution in [1.82, 2.24) is 0 Å². The van der Waals surface area contributed by atoms with Crippen molar-refractivity contribution in [1.29, 1.82) is 0 Å². The Labute approximate surface area is 128 Å². The van der Waals surface area contributed by atoms with E-state index in [1.807, 2.05) is 20.8 Å². The molecule has 0 aromatic rings. The van der Waals surface area contributed by atoms with Crippen LogP contribution in [-0.2, 0) is 13.6 Å². The fourth-order valence-corrected chi connectivity index (χ4v) is 6.86. The molecular formula is C15H32O3Si2. The lowest BCUT2D eigenvalue weighted by Gasteiger charge is -2.35. The molecule has 2 atom stereocenters. The van der Waals surface area contributed by atoms with Crippen LogP contribution in [0.25, 0.3) is 0 Å². The minimum Gasteiger partial charge on any atom is -0.519 e. The van der Waals surface area contributed by atoms with Crippen molar-refractivity contribution in [2.75, 3.05) is 0 Å². The Bertz CT molecular complexity index is 278. The van der Waals surface area contributed by atoms with Gasteiger partial charge in [0.25, 0.3) is 14.3 Å². The van der Waals surface area contributed by atoms with Crippen molar-refractivity contribution in [2.45, 2.75) is 84.7 Å². The summed E-state index contributed by atoms with van der Waals surface area (Å²) in [6.07, 6.45) is 1.32. The van der Waals surface area contributed by atoms with E-state index in [-0.39, 0.29) is 18.0 Å². The highest BCUT2D eigenvalue weighted by molar-refractivity contribution is 6.76. The van der Waals surface area contributed by atoms with E-state index in [0.29, 0.717) is 15.3 Å². The Balaban J connectivity index is 4.52. The Morgan fingerprint density at radius 2 is 1.65 bits per heavy atom. The van der Waals surface area contributed by atoms with E-state index in [4.69, 9.17) is 8.85 Å². The Hall–Kier alpha value is -0.136. The molecule has 118 valence electrons. The summed E-state index contributed by atoms with van der Waals surface area (Å²) in [4.78, 5) is 12.3. The second kappa shape index (κ2) is 9.74. The molecule has 0 aliphatic rings. The van der Waals surface area contributed by atoms with Crippen LogP contribution in [-0.4, -0.2) is 30.2 Å². The van der Waals surface area contributed by atoms with Gasteiger partial charge in [-0.05, 0) is 37.5 Å². The summed E-state index contributed by atoms with van der Waals surface area (Å²) >= 11 is 0. The van der Waals surface area contributed by atoms with Crippen LogP contribution < -0.4 is 0 Å². The monoisotopic (exact) mass is 316 g/mol. The van der Waals surface area contributed by atoms with Crippen LogP contribution in [0.2, 0.25) is 23.7 Å². The summed E-state index contributed by atoms with van der Waals surface area (Å²) in [5.74, 6) is -0.0679. The molecule has 5 heteroatoms. The van der Waals surface area contributed by atoms with Gasteiger partial charge in [0.05, 0.1) is 5.92 Å². The van der Waals surface area contributed by atoms with Crippen LogP contribution in [0.5, 0.6) is 0 Å². The highest BCUT2D eigenvalue weighted by Gasteiger charge is 2.40. The molecule has 0 saturated heterocycles. The van der Waals surface area contributed by atoms with Gasteiger partial charge in [-0.1, -0.05) is 41.0 Å².